The summed E-state index contributed by atoms with van der Waals surface area (Å²) in [5.41, 5.74) is 0.971. The summed E-state index contributed by atoms with van der Waals surface area (Å²) in [7, 11) is 3.35. The number of ether oxygens (including phenoxy) is 2. The zero-order valence-corrected chi connectivity index (χ0v) is 13.0. The molecule has 2 saturated heterocycles. The summed E-state index contributed by atoms with van der Waals surface area (Å²) in [5, 5.41) is 3.66. The van der Waals surface area contributed by atoms with E-state index in [2.05, 4.69) is 15.2 Å². The molecule has 3 heterocycles. The van der Waals surface area contributed by atoms with Crippen molar-refractivity contribution in [2.45, 2.75) is 31.8 Å². The lowest BCUT2D eigenvalue weighted by molar-refractivity contribution is 0.107. The van der Waals surface area contributed by atoms with Crippen molar-refractivity contribution in [1.82, 2.24) is 15.2 Å². The molecule has 116 valence electrons. The molecule has 0 amide bonds. The minimum Gasteiger partial charge on any atom is -0.493 e. The highest BCUT2D eigenvalue weighted by molar-refractivity contribution is 5.42. The minimum atomic E-state index is 0.718. The monoisotopic (exact) mass is 291 g/mol. The number of rotatable bonds is 4. The largest absolute Gasteiger partial charge is 0.493 e. The van der Waals surface area contributed by atoms with Crippen molar-refractivity contribution >= 4 is 0 Å². The van der Waals surface area contributed by atoms with Gasteiger partial charge in [0.25, 0.3) is 0 Å². The summed E-state index contributed by atoms with van der Waals surface area (Å²) in [5.74, 6) is 2.31. The summed E-state index contributed by atoms with van der Waals surface area (Å²) in [6.07, 6.45) is 5.68. The minimum absolute atomic E-state index is 0.718. The van der Waals surface area contributed by atoms with Crippen molar-refractivity contribution in [3.05, 3.63) is 18.0 Å². The first-order valence-electron chi connectivity index (χ1n) is 7.83. The van der Waals surface area contributed by atoms with Crippen molar-refractivity contribution in [2.75, 3.05) is 33.9 Å². The molecule has 0 aliphatic carbocycles. The van der Waals surface area contributed by atoms with Crippen molar-refractivity contribution in [1.29, 1.82) is 0 Å². The Kier molecular flexibility index (Phi) is 4.60. The van der Waals surface area contributed by atoms with Crippen molar-refractivity contribution in [2.24, 2.45) is 5.92 Å². The van der Waals surface area contributed by atoms with Gasteiger partial charge in [-0.3, -0.25) is 9.88 Å². The molecule has 0 bridgehead atoms. The lowest BCUT2D eigenvalue weighted by Gasteiger charge is -2.41. The summed E-state index contributed by atoms with van der Waals surface area (Å²) in [6, 6.07) is 2.56. The van der Waals surface area contributed by atoms with Crippen LogP contribution < -0.4 is 14.8 Å². The van der Waals surface area contributed by atoms with Gasteiger partial charge in [-0.2, -0.15) is 0 Å². The van der Waals surface area contributed by atoms with Gasteiger partial charge in [0.1, 0.15) is 5.69 Å². The number of aromatic nitrogens is 1. The number of nitrogens with zero attached hydrogens (tertiary/aromatic N) is 2. The normalized spacial score (nSPS) is 26.2. The van der Waals surface area contributed by atoms with Crippen LogP contribution in [0.5, 0.6) is 11.5 Å². The van der Waals surface area contributed by atoms with Gasteiger partial charge >= 0.3 is 0 Å². The van der Waals surface area contributed by atoms with Crippen LogP contribution in [0.2, 0.25) is 0 Å². The second-order valence-electron chi connectivity index (χ2n) is 5.98. The average molecular weight is 291 g/mol. The lowest BCUT2D eigenvalue weighted by Crippen LogP contribution is -2.51. The molecule has 0 radical (unpaired) electrons. The molecule has 2 fully saturated rings. The molecule has 1 aromatic rings. The van der Waals surface area contributed by atoms with Gasteiger partial charge < -0.3 is 14.8 Å². The molecule has 2 unspecified atom stereocenters. The zero-order chi connectivity index (χ0) is 14.7. The van der Waals surface area contributed by atoms with Crippen LogP contribution in [0, 0.1) is 5.92 Å². The molecule has 0 spiro atoms. The number of nitrogens with one attached hydrogen (secondary N) is 1. The second-order valence-corrected chi connectivity index (χ2v) is 5.98. The van der Waals surface area contributed by atoms with Gasteiger partial charge in [0.05, 0.1) is 14.2 Å². The van der Waals surface area contributed by atoms with Crippen LogP contribution in [-0.2, 0) is 6.54 Å². The van der Waals surface area contributed by atoms with Crippen LogP contribution in [0.4, 0.5) is 0 Å². The van der Waals surface area contributed by atoms with Crippen LogP contribution in [0.15, 0.2) is 12.3 Å². The Morgan fingerprint density at radius 2 is 2.24 bits per heavy atom. The van der Waals surface area contributed by atoms with Gasteiger partial charge in [0, 0.05) is 37.9 Å². The molecule has 2 aliphatic heterocycles. The third-order valence-corrected chi connectivity index (χ3v) is 4.72. The van der Waals surface area contributed by atoms with E-state index in [0.717, 1.165) is 48.8 Å². The predicted octanol–water partition coefficient (Wildman–Crippen LogP) is 1.67. The molecular formula is C16H25N3O2. The van der Waals surface area contributed by atoms with E-state index in [-0.39, 0.29) is 0 Å². The molecule has 1 aromatic heterocycles. The Labute approximate surface area is 126 Å². The molecule has 3 rings (SSSR count). The number of hydrogen-bond donors (Lipinski definition) is 1. The molecule has 1 N–H and O–H groups in total. The standard InChI is InChI=1S/C16H25N3O2/c1-20-15-5-8-18-14(16(15)21-2)11-19-9-6-13-12(10-19)4-3-7-17-13/h5,8,12-13,17H,3-4,6-7,9-11H2,1-2H3. The first-order valence-corrected chi connectivity index (χ1v) is 7.83. The molecule has 5 heteroatoms. The number of methoxy groups -OCH3 is 2. The highest BCUT2D eigenvalue weighted by atomic mass is 16.5. The van der Waals surface area contributed by atoms with Gasteiger partial charge in [-0.05, 0) is 31.7 Å². The Hall–Kier alpha value is -1.33. The van der Waals surface area contributed by atoms with Gasteiger partial charge in [0.2, 0.25) is 0 Å². The number of hydrogen-bond acceptors (Lipinski definition) is 5. The number of likely N-dealkylation sites (tertiary alicyclic amines) is 1. The second kappa shape index (κ2) is 6.62. The van der Waals surface area contributed by atoms with E-state index >= 15 is 0 Å². The third kappa shape index (κ3) is 3.14. The molecule has 0 aromatic carbocycles. The van der Waals surface area contributed by atoms with E-state index in [9.17, 15) is 0 Å². The molecule has 21 heavy (non-hydrogen) atoms. The van der Waals surface area contributed by atoms with Crippen LogP contribution in [0.1, 0.15) is 25.0 Å². The van der Waals surface area contributed by atoms with Gasteiger partial charge in [0.15, 0.2) is 11.5 Å². The topological polar surface area (TPSA) is 46.6 Å². The number of piperidine rings is 2. The van der Waals surface area contributed by atoms with Crippen LogP contribution in [-0.4, -0.2) is 49.8 Å². The van der Waals surface area contributed by atoms with Crippen molar-refractivity contribution in [3.8, 4) is 11.5 Å². The van der Waals surface area contributed by atoms with E-state index < -0.39 is 0 Å². The lowest BCUT2D eigenvalue weighted by atomic mass is 9.85. The maximum Gasteiger partial charge on any atom is 0.183 e. The van der Waals surface area contributed by atoms with Crippen molar-refractivity contribution < 1.29 is 9.47 Å². The fourth-order valence-corrected chi connectivity index (χ4v) is 3.64. The first kappa shape index (κ1) is 14.6. The Morgan fingerprint density at radius 1 is 1.33 bits per heavy atom. The van der Waals surface area contributed by atoms with Crippen LogP contribution in [0.25, 0.3) is 0 Å². The summed E-state index contributed by atoms with van der Waals surface area (Å²) >= 11 is 0. The fourth-order valence-electron chi connectivity index (χ4n) is 3.64. The first-order chi connectivity index (χ1) is 10.3. The Balaban J connectivity index is 1.69. The third-order valence-electron chi connectivity index (χ3n) is 4.72. The highest BCUT2D eigenvalue weighted by Gasteiger charge is 2.31. The van der Waals surface area contributed by atoms with Gasteiger partial charge in [-0.25, -0.2) is 0 Å². The number of fused-ring (bicyclic) bond motifs is 1. The Bertz CT molecular complexity index is 481. The average Bonchev–Trinajstić information content (AvgIpc) is 2.54. The van der Waals surface area contributed by atoms with Crippen molar-refractivity contribution in [3.63, 3.8) is 0 Å². The molecule has 2 atom stereocenters. The SMILES string of the molecule is COc1ccnc(CN2CCC3NCCCC3C2)c1OC. The fraction of sp³-hybridized carbons (Fsp3) is 0.688. The van der Waals surface area contributed by atoms with E-state index in [1.165, 1.54) is 25.8 Å². The molecular weight excluding hydrogens is 266 g/mol. The number of pyridine rings is 1. The van der Waals surface area contributed by atoms with Crippen LogP contribution in [0.3, 0.4) is 0 Å². The van der Waals surface area contributed by atoms with E-state index in [4.69, 9.17) is 9.47 Å². The molecule has 0 saturated carbocycles. The summed E-state index contributed by atoms with van der Waals surface area (Å²) < 4.78 is 10.8. The smallest absolute Gasteiger partial charge is 0.183 e. The maximum absolute atomic E-state index is 5.49. The Morgan fingerprint density at radius 3 is 3.05 bits per heavy atom. The van der Waals surface area contributed by atoms with E-state index in [0.29, 0.717) is 0 Å². The predicted molar refractivity (Wildman–Crippen MR) is 81.7 cm³/mol. The molecule has 2 aliphatic rings. The summed E-state index contributed by atoms with van der Waals surface area (Å²) in [6.45, 7) is 4.30. The van der Waals surface area contributed by atoms with E-state index in [1.54, 1.807) is 20.4 Å². The van der Waals surface area contributed by atoms with Gasteiger partial charge in [-0.15, -0.1) is 0 Å². The van der Waals surface area contributed by atoms with Crippen LogP contribution >= 0.6 is 0 Å². The van der Waals surface area contributed by atoms with E-state index in [1.807, 2.05) is 6.07 Å². The quantitative estimate of drug-likeness (QED) is 0.914. The highest BCUT2D eigenvalue weighted by Crippen LogP contribution is 2.31. The van der Waals surface area contributed by atoms with Gasteiger partial charge in [-0.1, -0.05) is 0 Å². The maximum atomic E-state index is 5.49. The zero-order valence-electron chi connectivity index (χ0n) is 13.0. The molecule has 5 nitrogen and oxygen atoms in total. The summed E-state index contributed by atoms with van der Waals surface area (Å²) in [4.78, 5) is 6.99.